The molecule has 0 aliphatic heterocycles. The molecule has 3 rings (SSSR count). The standard InChI is InChI=1S/C13H12N2O/c1-2-12(16-7-1)9-15-11-3-4-13-10(8-11)5-6-14-13/h1-8,14-15H,9H2. The monoisotopic (exact) mass is 212 g/mol. The Kier molecular flexibility index (Phi) is 2.14. The highest BCUT2D eigenvalue weighted by Crippen LogP contribution is 2.18. The summed E-state index contributed by atoms with van der Waals surface area (Å²) in [6.07, 6.45) is 3.63. The molecule has 80 valence electrons. The van der Waals surface area contributed by atoms with Crippen molar-refractivity contribution in [1.82, 2.24) is 4.98 Å². The molecule has 1 aromatic carbocycles. The first-order valence-corrected chi connectivity index (χ1v) is 5.25. The second-order valence-electron chi connectivity index (χ2n) is 3.71. The van der Waals surface area contributed by atoms with Gasteiger partial charge in [-0.2, -0.15) is 0 Å². The van der Waals surface area contributed by atoms with Gasteiger partial charge in [-0.25, -0.2) is 0 Å². The minimum Gasteiger partial charge on any atom is -0.467 e. The molecule has 0 saturated heterocycles. The van der Waals surface area contributed by atoms with Gasteiger partial charge in [0.1, 0.15) is 5.76 Å². The van der Waals surface area contributed by atoms with Gasteiger partial charge in [0.2, 0.25) is 0 Å². The van der Waals surface area contributed by atoms with Gasteiger partial charge in [0, 0.05) is 22.8 Å². The highest BCUT2D eigenvalue weighted by Gasteiger charge is 1.98. The molecule has 16 heavy (non-hydrogen) atoms. The number of nitrogens with one attached hydrogen (secondary N) is 2. The molecule has 0 atom stereocenters. The Morgan fingerprint density at radius 1 is 1.19 bits per heavy atom. The summed E-state index contributed by atoms with van der Waals surface area (Å²) < 4.78 is 5.26. The fraction of sp³-hybridized carbons (Fsp3) is 0.0769. The number of benzene rings is 1. The zero-order chi connectivity index (χ0) is 10.8. The molecule has 0 unspecified atom stereocenters. The lowest BCUT2D eigenvalue weighted by Crippen LogP contribution is -1.97. The molecule has 2 aromatic heterocycles. The quantitative estimate of drug-likeness (QED) is 0.698. The molecule has 3 heteroatoms. The molecule has 3 nitrogen and oxygen atoms in total. The SMILES string of the molecule is c1coc(CNc2ccc3[nH]ccc3c2)c1. The van der Waals surface area contributed by atoms with E-state index in [1.54, 1.807) is 6.26 Å². The van der Waals surface area contributed by atoms with Crippen molar-refractivity contribution < 1.29 is 4.42 Å². The molecule has 0 aliphatic rings. The largest absolute Gasteiger partial charge is 0.467 e. The van der Waals surface area contributed by atoms with Crippen LogP contribution in [0.25, 0.3) is 10.9 Å². The van der Waals surface area contributed by atoms with Crippen molar-refractivity contribution in [3.63, 3.8) is 0 Å². The average molecular weight is 212 g/mol. The van der Waals surface area contributed by atoms with Gasteiger partial charge in [-0.1, -0.05) is 0 Å². The van der Waals surface area contributed by atoms with Crippen LogP contribution in [0.3, 0.4) is 0 Å². The maximum absolute atomic E-state index is 5.26. The number of aromatic amines is 1. The summed E-state index contributed by atoms with van der Waals surface area (Å²) in [4.78, 5) is 3.17. The Labute approximate surface area is 93.1 Å². The number of hydrogen-bond donors (Lipinski definition) is 2. The van der Waals surface area contributed by atoms with Crippen LogP contribution in [-0.2, 0) is 6.54 Å². The van der Waals surface area contributed by atoms with Crippen molar-refractivity contribution in [1.29, 1.82) is 0 Å². The van der Waals surface area contributed by atoms with E-state index in [0.717, 1.165) is 17.0 Å². The van der Waals surface area contributed by atoms with Crippen LogP contribution in [0.2, 0.25) is 0 Å². The van der Waals surface area contributed by atoms with E-state index in [1.165, 1.54) is 5.39 Å². The number of furan rings is 1. The van der Waals surface area contributed by atoms with Crippen molar-refractivity contribution >= 4 is 16.6 Å². The van der Waals surface area contributed by atoms with Crippen LogP contribution < -0.4 is 5.32 Å². The molecule has 2 heterocycles. The highest BCUT2D eigenvalue weighted by atomic mass is 16.3. The average Bonchev–Trinajstić information content (AvgIpc) is 2.97. The molecule has 0 amide bonds. The zero-order valence-electron chi connectivity index (χ0n) is 8.73. The van der Waals surface area contributed by atoms with Gasteiger partial charge in [0.15, 0.2) is 0 Å². The Hall–Kier alpha value is -2.16. The first-order chi connectivity index (χ1) is 7.92. The maximum Gasteiger partial charge on any atom is 0.122 e. The smallest absolute Gasteiger partial charge is 0.122 e. The van der Waals surface area contributed by atoms with E-state index in [4.69, 9.17) is 4.42 Å². The molecule has 0 bridgehead atoms. The minimum absolute atomic E-state index is 0.711. The summed E-state index contributed by atoms with van der Waals surface area (Å²) in [5.41, 5.74) is 2.26. The fourth-order valence-corrected chi connectivity index (χ4v) is 1.77. The van der Waals surface area contributed by atoms with E-state index in [0.29, 0.717) is 6.54 Å². The van der Waals surface area contributed by atoms with Crippen LogP contribution in [-0.4, -0.2) is 4.98 Å². The van der Waals surface area contributed by atoms with Gasteiger partial charge in [-0.15, -0.1) is 0 Å². The first-order valence-electron chi connectivity index (χ1n) is 5.25. The van der Waals surface area contributed by atoms with Gasteiger partial charge in [0.05, 0.1) is 12.8 Å². The van der Waals surface area contributed by atoms with Crippen molar-refractivity contribution in [3.8, 4) is 0 Å². The highest BCUT2D eigenvalue weighted by molar-refractivity contribution is 5.82. The number of aromatic nitrogens is 1. The fourth-order valence-electron chi connectivity index (χ4n) is 1.77. The summed E-state index contributed by atoms with van der Waals surface area (Å²) in [6, 6.07) is 12.2. The molecule has 0 fully saturated rings. The number of fused-ring (bicyclic) bond motifs is 1. The van der Waals surface area contributed by atoms with E-state index < -0.39 is 0 Å². The van der Waals surface area contributed by atoms with Crippen LogP contribution in [0.1, 0.15) is 5.76 Å². The second kappa shape index (κ2) is 3.77. The molecular formula is C13H12N2O. The maximum atomic E-state index is 5.26. The predicted molar refractivity (Wildman–Crippen MR) is 64.3 cm³/mol. The number of rotatable bonds is 3. The van der Waals surface area contributed by atoms with E-state index in [9.17, 15) is 0 Å². The predicted octanol–water partition coefficient (Wildman–Crippen LogP) is 3.37. The van der Waals surface area contributed by atoms with E-state index in [-0.39, 0.29) is 0 Å². The molecule has 2 N–H and O–H groups in total. The molecule has 0 radical (unpaired) electrons. The van der Waals surface area contributed by atoms with Crippen LogP contribution in [0.4, 0.5) is 5.69 Å². The van der Waals surface area contributed by atoms with Gasteiger partial charge < -0.3 is 14.7 Å². The van der Waals surface area contributed by atoms with Crippen LogP contribution in [0.15, 0.2) is 53.3 Å². The van der Waals surface area contributed by atoms with Crippen LogP contribution in [0.5, 0.6) is 0 Å². The first kappa shape index (κ1) is 9.09. The summed E-state index contributed by atoms with van der Waals surface area (Å²) in [5, 5.41) is 4.53. The second-order valence-corrected chi connectivity index (χ2v) is 3.71. The van der Waals surface area contributed by atoms with E-state index in [1.807, 2.05) is 18.3 Å². The third-order valence-electron chi connectivity index (χ3n) is 2.60. The number of H-pyrrole nitrogens is 1. The lowest BCUT2D eigenvalue weighted by molar-refractivity contribution is 0.518. The van der Waals surface area contributed by atoms with Crippen LogP contribution >= 0.6 is 0 Å². The lowest BCUT2D eigenvalue weighted by Gasteiger charge is -2.04. The van der Waals surface area contributed by atoms with Gasteiger partial charge >= 0.3 is 0 Å². The Bertz CT molecular complexity index is 581. The molecular weight excluding hydrogens is 200 g/mol. The van der Waals surface area contributed by atoms with E-state index in [2.05, 4.69) is 34.6 Å². The molecule has 0 aliphatic carbocycles. The number of hydrogen-bond acceptors (Lipinski definition) is 2. The van der Waals surface area contributed by atoms with Crippen molar-refractivity contribution in [2.45, 2.75) is 6.54 Å². The van der Waals surface area contributed by atoms with Crippen LogP contribution in [0, 0.1) is 0 Å². The summed E-state index contributed by atoms with van der Waals surface area (Å²) in [5.74, 6) is 0.939. The molecule has 0 spiro atoms. The van der Waals surface area contributed by atoms with E-state index >= 15 is 0 Å². The zero-order valence-corrected chi connectivity index (χ0v) is 8.73. The third-order valence-corrected chi connectivity index (χ3v) is 2.60. The molecule has 3 aromatic rings. The molecule has 0 saturated carbocycles. The third kappa shape index (κ3) is 1.67. The van der Waals surface area contributed by atoms with Crippen molar-refractivity contribution in [2.75, 3.05) is 5.32 Å². The Morgan fingerprint density at radius 3 is 3.06 bits per heavy atom. The lowest BCUT2D eigenvalue weighted by atomic mass is 10.2. The summed E-state index contributed by atoms with van der Waals surface area (Å²) in [6.45, 7) is 0.711. The van der Waals surface area contributed by atoms with Crippen molar-refractivity contribution in [3.05, 3.63) is 54.6 Å². The normalized spacial score (nSPS) is 10.8. The number of anilines is 1. The van der Waals surface area contributed by atoms with Crippen molar-refractivity contribution in [2.24, 2.45) is 0 Å². The van der Waals surface area contributed by atoms with Gasteiger partial charge in [-0.05, 0) is 36.4 Å². The van der Waals surface area contributed by atoms with Gasteiger partial charge in [-0.3, -0.25) is 0 Å². The van der Waals surface area contributed by atoms with Gasteiger partial charge in [0.25, 0.3) is 0 Å². The Morgan fingerprint density at radius 2 is 2.19 bits per heavy atom. The Balaban J connectivity index is 1.78. The summed E-state index contributed by atoms with van der Waals surface area (Å²) >= 11 is 0. The minimum atomic E-state index is 0.711. The topological polar surface area (TPSA) is 41.0 Å². The summed E-state index contributed by atoms with van der Waals surface area (Å²) in [7, 11) is 0.